The Hall–Kier alpha value is -0.670. The van der Waals surface area contributed by atoms with Crippen molar-refractivity contribution >= 4 is 43.5 Å². The van der Waals surface area contributed by atoms with E-state index in [2.05, 4.69) is 15.9 Å². The second-order valence-corrected chi connectivity index (χ2v) is 6.85. The van der Waals surface area contributed by atoms with Gasteiger partial charge in [-0.2, -0.15) is 0 Å². The average Bonchev–Trinajstić information content (AvgIpc) is 2.86. The van der Waals surface area contributed by atoms with Crippen LogP contribution in [0.3, 0.4) is 0 Å². The van der Waals surface area contributed by atoms with E-state index < -0.39 is 16.0 Å². The number of hydrogen-bond donors (Lipinski definition) is 1. The summed E-state index contributed by atoms with van der Waals surface area (Å²) in [5.41, 5.74) is -0.284. The van der Waals surface area contributed by atoms with Crippen molar-refractivity contribution in [3.8, 4) is 0 Å². The molecule has 9 heteroatoms. The second kappa shape index (κ2) is 5.37. The fraction of sp³-hybridized carbons (Fsp3) is 0.300. The van der Waals surface area contributed by atoms with Crippen molar-refractivity contribution in [1.29, 1.82) is 0 Å². The molecule has 1 aromatic carbocycles. The highest BCUT2D eigenvalue weighted by molar-refractivity contribution is 9.10. The summed E-state index contributed by atoms with van der Waals surface area (Å²) in [4.78, 5) is 15.8. The molecule has 1 heterocycles. The topological polar surface area (TPSA) is 83.9 Å². The zero-order valence-electron chi connectivity index (χ0n) is 9.47. The average molecular weight is 371 g/mol. The molecule has 104 valence electrons. The molecule has 1 aliphatic rings. The maximum atomic E-state index is 12.2. The molecule has 0 amide bonds. The van der Waals surface area contributed by atoms with Crippen LogP contribution in [0, 0.1) is 0 Å². The summed E-state index contributed by atoms with van der Waals surface area (Å²) in [7, 11) is -3.87. The van der Waals surface area contributed by atoms with Gasteiger partial charge in [0.15, 0.2) is 0 Å². The lowest BCUT2D eigenvalue weighted by Gasteiger charge is -2.15. The summed E-state index contributed by atoms with van der Waals surface area (Å²) >= 11 is 8.85. The maximum absolute atomic E-state index is 12.2. The number of carboxylic acid groups (broad SMARTS) is 1. The predicted octanol–water partition coefficient (Wildman–Crippen LogP) is 2.13. The van der Waals surface area contributed by atoms with Gasteiger partial charge in [-0.1, -0.05) is 16.1 Å². The quantitative estimate of drug-likeness (QED) is 0.881. The van der Waals surface area contributed by atoms with E-state index in [1.54, 1.807) is 0 Å². The van der Waals surface area contributed by atoms with E-state index in [1.807, 2.05) is 0 Å². The third-order valence-corrected chi connectivity index (χ3v) is 5.43. The molecule has 0 saturated carbocycles. The van der Waals surface area contributed by atoms with Crippen molar-refractivity contribution in [2.24, 2.45) is 0 Å². The highest BCUT2D eigenvalue weighted by Crippen LogP contribution is 2.31. The number of carbonyl (C=O) groups is 1. The largest absolute Gasteiger partial charge is 0.478 e. The highest BCUT2D eigenvalue weighted by atomic mass is 79.9. The molecule has 1 saturated heterocycles. The summed E-state index contributed by atoms with van der Waals surface area (Å²) in [6, 6.07) is 2.28. The van der Waals surface area contributed by atoms with Crippen LogP contribution in [0.4, 0.5) is 0 Å². The molecule has 1 fully saturated rings. The monoisotopic (exact) mass is 369 g/mol. The predicted molar refractivity (Wildman–Crippen MR) is 70.6 cm³/mol. The minimum absolute atomic E-state index is 0.0474. The summed E-state index contributed by atoms with van der Waals surface area (Å²) in [5, 5.41) is 8.95. The van der Waals surface area contributed by atoms with E-state index >= 15 is 0 Å². The van der Waals surface area contributed by atoms with E-state index in [9.17, 15) is 13.2 Å². The fourth-order valence-electron chi connectivity index (χ4n) is 1.60. The van der Waals surface area contributed by atoms with E-state index in [4.69, 9.17) is 21.5 Å². The minimum Gasteiger partial charge on any atom is -0.478 e. The lowest BCUT2D eigenvalue weighted by atomic mass is 10.2. The van der Waals surface area contributed by atoms with Gasteiger partial charge in [-0.05, 0) is 34.5 Å². The number of sulfonamides is 1. The Labute approximate surface area is 123 Å². The molecule has 1 aliphatic heterocycles. The fourth-order valence-corrected chi connectivity index (χ4v) is 3.75. The normalized spacial score (nSPS) is 16.7. The first-order chi connectivity index (χ1) is 8.84. The van der Waals surface area contributed by atoms with Gasteiger partial charge in [0.2, 0.25) is 0 Å². The number of benzene rings is 1. The number of carboxylic acids is 1. The van der Waals surface area contributed by atoms with Crippen LogP contribution in [-0.4, -0.2) is 37.1 Å². The van der Waals surface area contributed by atoms with Crippen LogP contribution < -0.4 is 0 Å². The van der Waals surface area contributed by atoms with Crippen LogP contribution in [-0.2, 0) is 14.9 Å². The van der Waals surface area contributed by atoms with Crippen LogP contribution in [0.1, 0.15) is 16.8 Å². The van der Waals surface area contributed by atoms with Crippen molar-refractivity contribution in [2.45, 2.75) is 11.3 Å². The molecule has 0 radical (unpaired) electrons. The molecule has 0 atom stereocenters. The van der Waals surface area contributed by atoms with Crippen LogP contribution in [0.25, 0.3) is 0 Å². The summed E-state index contributed by atoms with van der Waals surface area (Å²) in [6.07, 6.45) is 0.597. The van der Waals surface area contributed by atoms with Gasteiger partial charge >= 0.3 is 5.97 Å². The minimum atomic E-state index is -3.87. The van der Waals surface area contributed by atoms with Gasteiger partial charge in [-0.3, -0.25) is 4.84 Å². The number of rotatable bonds is 3. The van der Waals surface area contributed by atoms with Crippen LogP contribution in [0.5, 0.6) is 0 Å². The number of nitrogens with zero attached hydrogens (tertiary/aromatic N) is 1. The van der Waals surface area contributed by atoms with Crippen LogP contribution in [0.2, 0.25) is 5.02 Å². The zero-order valence-corrected chi connectivity index (χ0v) is 12.6. The molecule has 0 spiro atoms. The van der Waals surface area contributed by atoms with Crippen molar-refractivity contribution in [3.05, 3.63) is 27.2 Å². The molecule has 0 unspecified atom stereocenters. The highest BCUT2D eigenvalue weighted by Gasteiger charge is 2.30. The first kappa shape index (κ1) is 14.7. The Morgan fingerprint density at radius 3 is 2.68 bits per heavy atom. The number of hydroxylamine groups is 1. The van der Waals surface area contributed by atoms with Gasteiger partial charge in [0, 0.05) is 11.0 Å². The van der Waals surface area contributed by atoms with Crippen LogP contribution in [0.15, 0.2) is 21.5 Å². The van der Waals surface area contributed by atoms with Gasteiger partial charge in [-0.25, -0.2) is 13.2 Å². The lowest BCUT2D eigenvalue weighted by molar-refractivity contribution is -0.0284. The Kier molecular flexibility index (Phi) is 4.17. The Morgan fingerprint density at radius 1 is 1.47 bits per heavy atom. The molecule has 0 aliphatic carbocycles. The molecule has 1 aromatic rings. The van der Waals surface area contributed by atoms with E-state index in [0.29, 0.717) is 13.0 Å². The van der Waals surface area contributed by atoms with Crippen molar-refractivity contribution in [1.82, 2.24) is 4.47 Å². The maximum Gasteiger partial charge on any atom is 0.337 e. The molecule has 6 nitrogen and oxygen atoms in total. The Bertz CT molecular complexity index is 627. The smallest absolute Gasteiger partial charge is 0.337 e. The van der Waals surface area contributed by atoms with Crippen molar-refractivity contribution in [3.63, 3.8) is 0 Å². The first-order valence-electron chi connectivity index (χ1n) is 5.22. The number of aromatic carboxylic acids is 1. The van der Waals surface area contributed by atoms with Crippen LogP contribution >= 0.6 is 27.5 Å². The van der Waals surface area contributed by atoms with Gasteiger partial charge in [-0.15, -0.1) is 0 Å². The molecular weight excluding hydrogens is 362 g/mol. The summed E-state index contributed by atoms with van der Waals surface area (Å²) < 4.78 is 25.5. The number of halogens is 2. The molecule has 1 N–H and O–H groups in total. The molecule has 0 bridgehead atoms. The Balaban J connectivity index is 2.54. The first-order valence-corrected chi connectivity index (χ1v) is 7.83. The van der Waals surface area contributed by atoms with Gasteiger partial charge in [0.25, 0.3) is 10.0 Å². The molecule has 0 aromatic heterocycles. The summed E-state index contributed by atoms with van der Waals surface area (Å²) in [6.45, 7) is 0.560. The zero-order chi connectivity index (χ0) is 14.2. The van der Waals surface area contributed by atoms with Crippen molar-refractivity contribution in [2.75, 3.05) is 13.2 Å². The molecular formula is C10H9BrClNO5S. The van der Waals surface area contributed by atoms with E-state index in [0.717, 1.165) is 10.5 Å². The number of hydrogen-bond acceptors (Lipinski definition) is 4. The Morgan fingerprint density at radius 2 is 2.16 bits per heavy atom. The van der Waals surface area contributed by atoms with E-state index in [-0.39, 0.29) is 26.5 Å². The third kappa shape index (κ3) is 2.77. The molecule has 19 heavy (non-hydrogen) atoms. The lowest BCUT2D eigenvalue weighted by Crippen LogP contribution is -2.27. The third-order valence-electron chi connectivity index (χ3n) is 2.52. The van der Waals surface area contributed by atoms with Gasteiger partial charge < -0.3 is 5.11 Å². The van der Waals surface area contributed by atoms with Crippen molar-refractivity contribution < 1.29 is 23.2 Å². The van der Waals surface area contributed by atoms with Gasteiger partial charge in [0.05, 0.1) is 22.1 Å². The summed E-state index contributed by atoms with van der Waals surface area (Å²) in [5.74, 6) is -1.30. The van der Waals surface area contributed by atoms with E-state index in [1.165, 1.54) is 6.07 Å². The van der Waals surface area contributed by atoms with Gasteiger partial charge in [0.1, 0.15) is 0 Å². The SMILES string of the molecule is O=C(O)c1cc(S(=O)(=O)N2CCCO2)cc(Br)c1Cl. The standard InChI is InChI=1S/C10H9BrClNO5S/c11-8-5-6(4-7(9(8)12)10(14)15)19(16,17)13-2-1-3-18-13/h4-5H,1-3H2,(H,14,15). The second-order valence-electron chi connectivity index (χ2n) is 3.79. The molecule has 2 rings (SSSR count).